The van der Waals surface area contributed by atoms with Crippen LogP contribution in [0.1, 0.15) is 16.1 Å². The van der Waals surface area contributed by atoms with Gasteiger partial charge in [0.1, 0.15) is 22.9 Å². The molecule has 0 amide bonds. The third-order valence-electron chi connectivity index (χ3n) is 4.14. The molecule has 0 aliphatic carbocycles. The average Bonchev–Trinajstić information content (AvgIpc) is 3.25. The van der Waals surface area contributed by atoms with Crippen LogP contribution in [0.4, 0.5) is 0 Å². The number of hydrogen-bond donors (Lipinski definition) is 0. The molecule has 29 heavy (non-hydrogen) atoms. The first-order valence-electron chi connectivity index (χ1n) is 8.66. The second-order valence-electron chi connectivity index (χ2n) is 5.83. The van der Waals surface area contributed by atoms with Crippen LogP contribution in [0.25, 0.3) is 10.6 Å². The largest absolute Gasteiger partial charge is 0.497 e. The summed E-state index contributed by atoms with van der Waals surface area (Å²) < 4.78 is 26.5. The molecular formula is C21H21NO6S. The molecule has 0 radical (unpaired) electrons. The number of rotatable bonds is 8. The lowest BCUT2D eigenvalue weighted by atomic mass is 10.1. The van der Waals surface area contributed by atoms with Gasteiger partial charge in [0.15, 0.2) is 11.5 Å². The van der Waals surface area contributed by atoms with Crippen molar-refractivity contribution in [3.8, 4) is 33.6 Å². The lowest BCUT2D eigenvalue weighted by Gasteiger charge is -2.14. The summed E-state index contributed by atoms with van der Waals surface area (Å²) in [5.74, 6) is 1.26. The number of aromatic nitrogens is 1. The van der Waals surface area contributed by atoms with Crippen molar-refractivity contribution in [3.05, 3.63) is 53.0 Å². The van der Waals surface area contributed by atoms with Crippen LogP contribution in [0.15, 0.2) is 41.8 Å². The molecule has 0 bridgehead atoms. The van der Waals surface area contributed by atoms with E-state index < -0.39 is 5.97 Å². The van der Waals surface area contributed by atoms with Gasteiger partial charge in [-0.25, -0.2) is 9.78 Å². The van der Waals surface area contributed by atoms with Crippen LogP contribution < -0.4 is 18.9 Å². The van der Waals surface area contributed by atoms with Gasteiger partial charge in [-0.2, -0.15) is 0 Å². The molecule has 0 saturated carbocycles. The average molecular weight is 415 g/mol. The minimum Gasteiger partial charge on any atom is -0.497 e. The molecule has 0 aliphatic rings. The number of carbonyl (C=O) groups excluding carboxylic acids is 1. The van der Waals surface area contributed by atoms with Crippen molar-refractivity contribution < 1.29 is 28.5 Å². The number of benzene rings is 2. The molecule has 0 atom stereocenters. The first-order chi connectivity index (χ1) is 14.1. The van der Waals surface area contributed by atoms with Gasteiger partial charge < -0.3 is 23.7 Å². The highest BCUT2D eigenvalue weighted by Crippen LogP contribution is 2.40. The van der Waals surface area contributed by atoms with Gasteiger partial charge in [-0.15, -0.1) is 11.3 Å². The molecular weight excluding hydrogens is 394 g/mol. The maximum absolute atomic E-state index is 12.6. The van der Waals surface area contributed by atoms with Crippen LogP contribution >= 0.6 is 11.3 Å². The first-order valence-corrected chi connectivity index (χ1v) is 9.54. The van der Waals surface area contributed by atoms with E-state index in [1.165, 1.54) is 32.7 Å². The molecule has 0 saturated heterocycles. The number of thiazole rings is 1. The van der Waals surface area contributed by atoms with Gasteiger partial charge >= 0.3 is 5.97 Å². The Morgan fingerprint density at radius 2 is 1.76 bits per heavy atom. The quantitative estimate of drug-likeness (QED) is 0.510. The van der Waals surface area contributed by atoms with Gasteiger partial charge in [-0.1, -0.05) is 12.1 Å². The summed E-state index contributed by atoms with van der Waals surface area (Å²) in [6.07, 6.45) is 0. The molecule has 152 valence electrons. The lowest BCUT2D eigenvalue weighted by molar-refractivity contribution is 0.0464. The normalized spacial score (nSPS) is 10.3. The highest BCUT2D eigenvalue weighted by atomic mass is 32.1. The molecule has 8 heteroatoms. The van der Waals surface area contributed by atoms with E-state index >= 15 is 0 Å². The van der Waals surface area contributed by atoms with Crippen LogP contribution in [0.3, 0.4) is 0 Å². The van der Waals surface area contributed by atoms with Gasteiger partial charge in [-0.05, 0) is 24.3 Å². The maximum atomic E-state index is 12.6. The molecule has 1 aromatic heterocycles. The number of nitrogens with zero attached hydrogens (tertiary/aromatic N) is 1. The number of hydrogen-bond acceptors (Lipinski definition) is 8. The van der Waals surface area contributed by atoms with E-state index in [0.29, 0.717) is 17.2 Å². The summed E-state index contributed by atoms with van der Waals surface area (Å²) in [6, 6.07) is 10.8. The zero-order valence-electron chi connectivity index (χ0n) is 16.6. The van der Waals surface area contributed by atoms with Crippen molar-refractivity contribution in [1.82, 2.24) is 4.98 Å². The van der Waals surface area contributed by atoms with E-state index in [2.05, 4.69) is 4.98 Å². The van der Waals surface area contributed by atoms with Crippen LogP contribution in [-0.2, 0) is 11.3 Å². The predicted molar refractivity (Wildman–Crippen MR) is 109 cm³/mol. The molecule has 0 spiro atoms. The molecule has 3 rings (SSSR count). The highest BCUT2D eigenvalue weighted by molar-refractivity contribution is 7.13. The predicted octanol–water partition coefficient (Wildman–Crippen LogP) is 4.20. The van der Waals surface area contributed by atoms with E-state index in [1.54, 1.807) is 19.2 Å². The van der Waals surface area contributed by atoms with Gasteiger partial charge in [0.2, 0.25) is 5.75 Å². The third kappa shape index (κ3) is 4.43. The molecule has 0 unspecified atom stereocenters. The Labute approximate surface area is 172 Å². The Hall–Kier alpha value is -3.26. The monoisotopic (exact) mass is 415 g/mol. The lowest BCUT2D eigenvalue weighted by Crippen LogP contribution is -2.09. The Morgan fingerprint density at radius 1 is 0.966 bits per heavy atom. The van der Waals surface area contributed by atoms with Crippen molar-refractivity contribution in [1.29, 1.82) is 0 Å². The van der Waals surface area contributed by atoms with Crippen molar-refractivity contribution in [2.45, 2.75) is 6.61 Å². The Kier molecular flexibility index (Phi) is 6.56. The molecule has 0 fully saturated rings. The zero-order valence-corrected chi connectivity index (χ0v) is 17.4. The van der Waals surface area contributed by atoms with Crippen molar-refractivity contribution in [3.63, 3.8) is 0 Å². The SMILES string of the molecule is COc1cccc(-c2nc(COC(=O)c3ccc(OC)c(OC)c3OC)cs2)c1. The number of ether oxygens (including phenoxy) is 5. The number of esters is 1. The van der Waals surface area contributed by atoms with Crippen LogP contribution in [0, 0.1) is 0 Å². The Balaban J connectivity index is 1.74. The van der Waals surface area contributed by atoms with E-state index in [1.807, 2.05) is 29.6 Å². The maximum Gasteiger partial charge on any atom is 0.342 e. The number of carbonyl (C=O) groups is 1. The standard InChI is InChI=1S/C21H21NO6S/c1-24-15-7-5-6-13(10-15)20-22-14(12-29-20)11-28-21(23)16-8-9-17(25-2)19(27-4)18(16)26-3/h5-10,12H,11H2,1-4H3. The summed E-state index contributed by atoms with van der Waals surface area (Å²) in [5.41, 5.74) is 1.84. The topological polar surface area (TPSA) is 76.1 Å². The second-order valence-corrected chi connectivity index (χ2v) is 6.69. The van der Waals surface area contributed by atoms with Gasteiger partial charge in [0, 0.05) is 10.9 Å². The summed E-state index contributed by atoms with van der Waals surface area (Å²) in [6.45, 7) is 0.0385. The van der Waals surface area contributed by atoms with Gasteiger partial charge in [0.05, 0.1) is 34.1 Å². The minimum atomic E-state index is -0.543. The van der Waals surface area contributed by atoms with Crippen LogP contribution in [0.5, 0.6) is 23.0 Å². The summed E-state index contributed by atoms with van der Waals surface area (Å²) >= 11 is 1.47. The van der Waals surface area contributed by atoms with Crippen molar-refractivity contribution >= 4 is 17.3 Å². The van der Waals surface area contributed by atoms with E-state index in [-0.39, 0.29) is 17.9 Å². The van der Waals surface area contributed by atoms with Gasteiger partial charge in [-0.3, -0.25) is 0 Å². The Morgan fingerprint density at radius 3 is 2.45 bits per heavy atom. The third-order valence-corrected chi connectivity index (χ3v) is 5.08. The highest BCUT2D eigenvalue weighted by Gasteiger charge is 2.22. The fourth-order valence-corrected chi connectivity index (χ4v) is 3.54. The van der Waals surface area contributed by atoms with E-state index in [9.17, 15) is 4.79 Å². The summed E-state index contributed by atoms with van der Waals surface area (Å²) in [4.78, 5) is 17.1. The van der Waals surface area contributed by atoms with E-state index in [0.717, 1.165) is 16.3 Å². The fraction of sp³-hybridized carbons (Fsp3) is 0.238. The van der Waals surface area contributed by atoms with Crippen molar-refractivity contribution in [2.24, 2.45) is 0 Å². The zero-order chi connectivity index (χ0) is 20.8. The Bertz CT molecular complexity index is 1000. The van der Waals surface area contributed by atoms with Crippen LogP contribution in [-0.4, -0.2) is 39.4 Å². The molecule has 2 aromatic carbocycles. The molecule has 3 aromatic rings. The minimum absolute atomic E-state index is 0.0385. The van der Waals surface area contributed by atoms with Crippen LogP contribution in [0.2, 0.25) is 0 Å². The first kappa shape index (κ1) is 20.5. The summed E-state index contributed by atoms with van der Waals surface area (Å²) in [5, 5.41) is 2.67. The molecule has 0 N–H and O–H groups in total. The molecule has 0 aliphatic heterocycles. The fourth-order valence-electron chi connectivity index (χ4n) is 2.74. The second kappa shape index (κ2) is 9.29. The smallest absolute Gasteiger partial charge is 0.342 e. The summed E-state index contributed by atoms with van der Waals surface area (Å²) in [7, 11) is 6.06. The van der Waals surface area contributed by atoms with Crippen molar-refractivity contribution in [2.75, 3.05) is 28.4 Å². The molecule has 1 heterocycles. The van der Waals surface area contributed by atoms with Gasteiger partial charge in [0.25, 0.3) is 0 Å². The number of methoxy groups -OCH3 is 4. The van der Waals surface area contributed by atoms with E-state index in [4.69, 9.17) is 23.7 Å². The molecule has 7 nitrogen and oxygen atoms in total.